The van der Waals surface area contributed by atoms with Crippen LogP contribution in [-0.4, -0.2) is 61.3 Å². The van der Waals surface area contributed by atoms with Gasteiger partial charge in [-0.2, -0.15) is 0 Å². The molecule has 3 atom stereocenters. The van der Waals surface area contributed by atoms with Crippen molar-refractivity contribution in [1.29, 1.82) is 0 Å². The molecule has 4 aromatic carbocycles. The lowest BCUT2D eigenvalue weighted by Crippen LogP contribution is -2.41. The third-order valence-corrected chi connectivity index (χ3v) is 9.49. The van der Waals surface area contributed by atoms with Crippen LogP contribution in [0.25, 0.3) is 0 Å². The number of methoxy groups -OCH3 is 2. The van der Waals surface area contributed by atoms with E-state index in [0.717, 1.165) is 59.8 Å². The van der Waals surface area contributed by atoms with Gasteiger partial charge in [0.05, 0.1) is 44.2 Å². The molecular formula is C39H38N2O9. The molecule has 50 heavy (non-hydrogen) atoms. The maximum atomic E-state index is 12.8. The molecule has 11 nitrogen and oxygen atoms in total. The van der Waals surface area contributed by atoms with Crippen molar-refractivity contribution in [2.75, 3.05) is 27.3 Å². The van der Waals surface area contributed by atoms with Crippen LogP contribution in [0.3, 0.4) is 0 Å². The van der Waals surface area contributed by atoms with Gasteiger partial charge in [0.2, 0.25) is 0 Å². The fourth-order valence-electron chi connectivity index (χ4n) is 6.72. The summed E-state index contributed by atoms with van der Waals surface area (Å²) in [6.45, 7) is 2.60. The predicted molar refractivity (Wildman–Crippen MR) is 181 cm³/mol. The number of amides is 1. The van der Waals surface area contributed by atoms with Crippen molar-refractivity contribution in [1.82, 2.24) is 10.2 Å². The summed E-state index contributed by atoms with van der Waals surface area (Å²) in [7, 11) is 3.30. The van der Waals surface area contributed by atoms with Crippen molar-refractivity contribution in [3.05, 3.63) is 129 Å². The van der Waals surface area contributed by atoms with Crippen molar-refractivity contribution in [3.8, 4) is 11.5 Å². The van der Waals surface area contributed by atoms with E-state index in [-0.39, 0.29) is 48.0 Å². The molecule has 0 saturated carbocycles. The highest BCUT2D eigenvalue weighted by Gasteiger charge is 2.34. The van der Waals surface area contributed by atoms with Crippen LogP contribution in [0, 0.1) is 0 Å². The number of aliphatic hydroxyl groups is 1. The summed E-state index contributed by atoms with van der Waals surface area (Å²) in [4.78, 5) is 38.9. The summed E-state index contributed by atoms with van der Waals surface area (Å²) in [5, 5.41) is 12.4. The lowest BCUT2D eigenvalue weighted by atomic mass is 9.97. The Bertz CT molecular complexity index is 1910. The number of cyclic esters (lactones) is 2. The number of ether oxygens (including phenoxy) is 5. The molecule has 3 heterocycles. The summed E-state index contributed by atoms with van der Waals surface area (Å²) >= 11 is 0. The molecule has 0 aromatic heterocycles. The Hall–Kier alpha value is -5.07. The average molecular weight is 679 g/mol. The van der Waals surface area contributed by atoms with Crippen LogP contribution in [0.5, 0.6) is 11.5 Å². The molecule has 4 aromatic rings. The maximum absolute atomic E-state index is 12.8. The molecule has 7 rings (SSSR count). The Balaban J connectivity index is 1.04. The van der Waals surface area contributed by atoms with E-state index in [1.165, 1.54) is 29.3 Å². The first-order chi connectivity index (χ1) is 24.3. The third kappa shape index (κ3) is 6.99. The van der Waals surface area contributed by atoms with Gasteiger partial charge in [-0.1, -0.05) is 48.5 Å². The fraction of sp³-hybridized carbons (Fsp3) is 0.308. The average Bonchev–Trinajstić information content (AvgIpc) is 3.44. The fourth-order valence-corrected chi connectivity index (χ4v) is 6.72. The number of hydrogen-bond donors (Lipinski definition) is 2. The summed E-state index contributed by atoms with van der Waals surface area (Å²) in [5.41, 5.74) is 6.55. The molecule has 0 spiro atoms. The van der Waals surface area contributed by atoms with Crippen molar-refractivity contribution in [2.24, 2.45) is 0 Å². The monoisotopic (exact) mass is 678 g/mol. The van der Waals surface area contributed by atoms with Crippen molar-refractivity contribution in [2.45, 2.75) is 51.0 Å². The highest BCUT2D eigenvalue weighted by molar-refractivity contribution is 6.15. The summed E-state index contributed by atoms with van der Waals surface area (Å²) in [5.74, 6) is -0.377. The zero-order valence-corrected chi connectivity index (χ0v) is 27.8. The number of benzene rings is 4. The Labute approximate surface area is 289 Å². The number of carbonyl (C=O) groups excluding carboxylic acids is 3. The van der Waals surface area contributed by atoms with E-state index in [0.29, 0.717) is 6.42 Å². The molecule has 258 valence electrons. The summed E-state index contributed by atoms with van der Waals surface area (Å²) in [6.07, 6.45) is 0.618. The van der Waals surface area contributed by atoms with Gasteiger partial charge in [-0.05, 0) is 64.6 Å². The topological polar surface area (TPSA) is 133 Å². The number of hydrogen-bond acceptors (Lipinski definition) is 10. The molecule has 1 amide bonds. The number of fused-ring (bicyclic) bond motifs is 2. The number of aliphatic hydroxyl groups excluding tert-OH is 1. The number of esters is 2. The molecule has 11 heteroatoms. The molecule has 3 aliphatic heterocycles. The van der Waals surface area contributed by atoms with Crippen LogP contribution in [0.4, 0.5) is 0 Å². The van der Waals surface area contributed by atoms with Gasteiger partial charge in [-0.15, -0.1) is 0 Å². The van der Waals surface area contributed by atoms with Gasteiger partial charge in [0.25, 0.3) is 5.91 Å². The number of nitrogens with one attached hydrogen (secondary N) is 1. The first-order valence-electron chi connectivity index (χ1n) is 16.6. The van der Waals surface area contributed by atoms with Gasteiger partial charge in [0.1, 0.15) is 0 Å². The van der Waals surface area contributed by atoms with E-state index in [2.05, 4.69) is 27.1 Å². The molecule has 1 fully saturated rings. The van der Waals surface area contributed by atoms with E-state index in [1.807, 2.05) is 48.5 Å². The normalized spacial score (nSPS) is 20.1. The van der Waals surface area contributed by atoms with Crippen LogP contribution in [0.15, 0.2) is 78.9 Å². The lowest BCUT2D eigenvalue weighted by Gasteiger charge is -2.39. The highest BCUT2D eigenvalue weighted by Crippen LogP contribution is 2.39. The summed E-state index contributed by atoms with van der Waals surface area (Å²) < 4.78 is 28.9. The minimum Gasteiger partial charge on any atom is -0.493 e. The van der Waals surface area contributed by atoms with Crippen LogP contribution in [0.1, 0.15) is 83.3 Å². The Morgan fingerprint density at radius 2 is 1.52 bits per heavy atom. The minimum atomic E-state index is -0.753. The van der Waals surface area contributed by atoms with Crippen molar-refractivity contribution in [3.63, 3.8) is 0 Å². The quantitative estimate of drug-likeness (QED) is 0.174. The van der Waals surface area contributed by atoms with Gasteiger partial charge >= 0.3 is 11.9 Å². The Morgan fingerprint density at radius 1 is 0.840 bits per heavy atom. The maximum Gasteiger partial charge on any atom is 0.346 e. The van der Waals surface area contributed by atoms with Crippen molar-refractivity contribution >= 4 is 17.8 Å². The van der Waals surface area contributed by atoms with Gasteiger partial charge in [-0.25, -0.2) is 9.59 Å². The van der Waals surface area contributed by atoms with E-state index in [1.54, 1.807) is 14.2 Å². The smallest absolute Gasteiger partial charge is 0.346 e. The second kappa shape index (κ2) is 14.4. The Kier molecular flexibility index (Phi) is 9.64. The third-order valence-electron chi connectivity index (χ3n) is 9.49. The number of carbonyl (C=O) groups is 3. The second-order valence-electron chi connectivity index (χ2n) is 12.7. The molecule has 0 bridgehead atoms. The molecule has 2 N–H and O–H groups in total. The minimum absolute atomic E-state index is 0.0248. The molecule has 1 saturated heterocycles. The Morgan fingerprint density at radius 3 is 2.24 bits per heavy atom. The first-order valence-corrected chi connectivity index (χ1v) is 16.6. The molecule has 0 aliphatic carbocycles. The predicted octanol–water partition coefficient (Wildman–Crippen LogP) is 5.04. The molecule has 3 aliphatic rings. The van der Waals surface area contributed by atoms with E-state index < -0.39 is 18.2 Å². The zero-order valence-electron chi connectivity index (χ0n) is 27.8. The van der Waals surface area contributed by atoms with Crippen LogP contribution >= 0.6 is 0 Å². The summed E-state index contributed by atoms with van der Waals surface area (Å²) in [6, 6.07) is 24.0. The van der Waals surface area contributed by atoms with Crippen LogP contribution in [0.2, 0.25) is 0 Å². The first kappa shape index (κ1) is 33.4. The van der Waals surface area contributed by atoms with E-state index in [9.17, 15) is 19.5 Å². The zero-order chi connectivity index (χ0) is 34.8. The number of nitrogens with zero attached hydrogens (tertiary/aromatic N) is 1. The van der Waals surface area contributed by atoms with Gasteiger partial charge < -0.3 is 34.1 Å². The standard InChI is InChI=1S/C39H38N2O9/c1-46-34-16-27-13-14-41(20-29(27)17-35(34)47-2)21-30-18-33(25-7-5-24(22-42)6-8-25)49-39(48-30)26-9-3-23(4-10-26)19-40-36(43)28-11-12-31-32(15-28)38(45)50-37(31)44/h3-12,15-17,30,33,39,42H,13-14,18-22H2,1-2H3,(H,40,43). The highest BCUT2D eigenvalue weighted by atomic mass is 16.7. The van der Waals surface area contributed by atoms with Crippen molar-refractivity contribution < 1.29 is 43.2 Å². The molecule has 3 unspecified atom stereocenters. The van der Waals surface area contributed by atoms with Crippen LogP contribution < -0.4 is 14.8 Å². The van der Waals surface area contributed by atoms with Gasteiger partial charge in [0, 0.05) is 43.7 Å². The number of rotatable bonds is 10. The SMILES string of the molecule is COc1cc2c(cc1OC)CN(CC1CC(c3ccc(CO)cc3)OC(c3ccc(CNC(=O)c4ccc5c(c4)C(=O)OC5=O)cc3)O1)CC2. The second-order valence-corrected chi connectivity index (χ2v) is 12.7. The van der Waals surface area contributed by atoms with Gasteiger partial charge in [0.15, 0.2) is 17.8 Å². The largest absolute Gasteiger partial charge is 0.493 e. The van der Waals surface area contributed by atoms with Gasteiger partial charge in [-0.3, -0.25) is 9.69 Å². The molecular weight excluding hydrogens is 640 g/mol. The van der Waals surface area contributed by atoms with E-state index >= 15 is 0 Å². The molecule has 0 radical (unpaired) electrons. The van der Waals surface area contributed by atoms with Crippen LogP contribution in [-0.2, 0) is 40.3 Å². The van der Waals surface area contributed by atoms with E-state index in [4.69, 9.17) is 18.9 Å². The lowest BCUT2D eigenvalue weighted by molar-refractivity contribution is -0.253.